The third kappa shape index (κ3) is 4.25. The lowest BCUT2D eigenvalue weighted by Crippen LogP contribution is -2.48. The number of carbonyl (C=O) groups is 2. The Morgan fingerprint density at radius 1 is 1.15 bits per heavy atom. The van der Waals surface area contributed by atoms with Gasteiger partial charge in [-0.05, 0) is 49.2 Å². The molecule has 142 valence electrons. The lowest BCUT2D eigenvalue weighted by Gasteiger charge is -2.35. The van der Waals surface area contributed by atoms with E-state index >= 15 is 0 Å². The molecule has 1 unspecified atom stereocenters. The summed E-state index contributed by atoms with van der Waals surface area (Å²) < 4.78 is 19.7. The zero-order chi connectivity index (χ0) is 19.4. The van der Waals surface area contributed by atoms with E-state index in [-0.39, 0.29) is 17.7 Å². The molecular weight excluding hydrogens is 345 g/mol. The first kappa shape index (κ1) is 19.2. The van der Waals surface area contributed by atoms with Crippen molar-refractivity contribution in [3.63, 3.8) is 0 Å². The molecule has 0 saturated carbocycles. The molecule has 1 fully saturated rings. The Morgan fingerprint density at radius 2 is 1.85 bits per heavy atom. The smallest absolute Gasteiger partial charge is 0.254 e. The van der Waals surface area contributed by atoms with Crippen molar-refractivity contribution < 1.29 is 18.7 Å². The van der Waals surface area contributed by atoms with Crippen LogP contribution in [-0.2, 0) is 4.74 Å². The molecule has 1 heterocycles. The summed E-state index contributed by atoms with van der Waals surface area (Å²) in [5, 5.41) is 0. The first-order valence-electron chi connectivity index (χ1n) is 9.31. The normalized spacial score (nSPS) is 17.0. The van der Waals surface area contributed by atoms with Gasteiger partial charge in [0.05, 0.1) is 19.3 Å². The summed E-state index contributed by atoms with van der Waals surface area (Å²) in [4.78, 5) is 26.3. The van der Waals surface area contributed by atoms with Crippen LogP contribution in [-0.4, -0.2) is 42.4 Å². The van der Waals surface area contributed by atoms with Crippen molar-refractivity contribution in [2.45, 2.75) is 32.7 Å². The number of halogens is 1. The van der Waals surface area contributed by atoms with Crippen molar-refractivity contribution in [3.8, 4) is 11.1 Å². The molecule has 1 amide bonds. The van der Waals surface area contributed by atoms with Gasteiger partial charge < -0.3 is 9.64 Å². The number of Topliss-reactive ketones (excluding diaryl/α,β-unsaturated/α-hetero) is 1. The number of benzene rings is 2. The minimum Gasteiger partial charge on any atom is -0.377 e. The number of morpholine rings is 1. The highest BCUT2D eigenvalue weighted by Crippen LogP contribution is 2.25. The van der Waals surface area contributed by atoms with Crippen LogP contribution in [0.5, 0.6) is 0 Å². The fourth-order valence-electron chi connectivity index (χ4n) is 3.42. The van der Waals surface area contributed by atoms with E-state index in [0.29, 0.717) is 42.0 Å². The summed E-state index contributed by atoms with van der Waals surface area (Å²) >= 11 is 0. The average Bonchev–Trinajstić information content (AvgIpc) is 2.68. The second-order valence-electron chi connectivity index (χ2n) is 6.84. The summed E-state index contributed by atoms with van der Waals surface area (Å²) in [6.45, 7) is 5.25. The van der Waals surface area contributed by atoms with Gasteiger partial charge in [-0.1, -0.05) is 25.5 Å². The average molecular weight is 369 g/mol. The van der Waals surface area contributed by atoms with Crippen LogP contribution in [0.1, 0.15) is 47.4 Å². The Labute approximate surface area is 158 Å². The van der Waals surface area contributed by atoms with E-state index in [0.717, 1.165) is 12.8 Å². The number of hydrogen-bond donors (Lipinski definition) is 0. The van der Waals surface area contributed by atoms with Crippen LogP contribution in [0.15, 0.2) is 42.5 Å². The number of nitrogens with zero attached hydrogens (tertiary/aromatic N) is 1. The predicted octanol–water partition coefficient (Wildman–Crippen LogP) is 4.34. The zero-order valence-corrected chi connectivity index (χ0v) is 15.7. The molecule has 1 atom stereocenters. The summed E-state index contributed by atoms with van der Waals surface area (Å²) in [5.74, 6) is -0.533. The van der Waals surface area contributed by atoms with E-state index in [1.165, 1.54) is 19.1 Å². The summed E-state index contributed by atoms with van der Waals surface area (Å²) in [6.07, 6.45) is 1.90. The zero-order valence-electron chi connectivity index (χ0n) is 15.7. The number of ether oxygens (including phenoxy) is 1. The lowest BCUT2D eigenvalue weighted by molar-refractivity contribution is -0.00433. The number of ketones is 1. The van der Waals surface area contributed by atoms with Gasteiger partial charge in [0, 0.05) is 23.2 Å². The molecule has 5 heteroatoms. The number of rotatable bonds is 5. The monoisotopic (exact) mass is 369 g/mol. The second kappa shape index (κ2) is 8.44. The highest BCUT2D eigenvalue weighted by Gasteiger charge is 2.27. The molecule has 0 N–H and O–H groups in total. The first-order valence-corrected chi connectivity index (χ1v) is 9.31. The summed E-state index contributed by atoms with van der Waals surface area (Å²) in [7, 11) is 0. The molecule has 2 aromatic carbocycles. The molecule has 0 bridgehead atoms. The fraction of sp³-hybridized carbons (Fsp3) is 0.364. The van der Waals surface area contributed by atoms with Gasteiger partial charge >= 0.3 is 0 Å². The van der Waals surface area contributed by atoms with Crippen LogP contribution in [0.2, 0.25) is 0 Å². The van der Waals surface area contributed by atoms with Gasteiger partial charge in [-0.25, -0.2) is 4.39 Å². The molecule has 0 aromatic heterocycles. The molecule has 0 radical (unpaired) electrons. The summed E-state index contributed by atoms with van der Waals surface area (Å²) in [5.41, 5.74) is 2.03. The van der Waals surface area contributed by atoms with Crippen LogP contribution in [0.3, 0.4) is 0 Å². The van der Waals surface area contributed by atoms with E-state index in [2.05, 4.69) is 6.92 Å². The lowest BCUT2D eigenvalue weighted by atomic mass is 9.99. The van der Waals surface area contributed by atoms with Crippen molar-refractivity contribution in [2.24, 2.45) is 0 Å². The van der Waals surface area contributed by atoms with Gasteiger partial charge in [0.15, 0.2) is 5.78 Å². The van der Waals surface area contributed by atoms with Crippen LogP contribution in [0.4, 0.5) is 4.39 Å². The van der Waals surface area contributed by atoms with Crippen LogP contribution in [0, 0.1) is 5.82 Å². The molecule has 27 heavy (non-hydrogen) atoms. The van der Waals surface area contributed by atoms with E-state index in [1.807, 2.05) is 4.90 Å². The van der Waals surface area contributed by atoms with Crippen molar-refractivity contribution in [2.75, 3.05) is 19.8 Å². The molecule has 4 nitrogen and oxygen atoms in total. The summed E-state index contributed by atoms with van der Waals surface area (Å²) in [6, 6.07) is 11.3. The van der Waals surface area contributed by atoms with Gasteiger partial charge in [-0.3, -0.25) is 9.59 Å². The standard InChI is InChI=1S/C22H24FNO3/c1-3-4-19-14-27-12-11-24(19)22(26)17-7-5-16(6-8-17)20-13-18(15(2)25)9-10-21(20)23/h5-10,13,19H,3-4,11-12,14H2,1-2H3. The van der Waals surface area contributed by atoms with Crippen LogP contribution in [0.25, 0.3) is 11.1 Å². The Hall–Kier alpha value is -2.53. The van der Waals surface area contributed by atoms with Gasteiger partial charge in [0.25, 0.3) is 5.91 Å². The minimum absolute atomic E-state index is 0.0266. The molecule has 1 aliphatic heterocycles. The molecule has 0 spiro atoms. The van der Waals surface area contributed by atoms with E-state index in [9.17, 15) is 14.0 Å². The van der Waals surface area contributed by atoms with Gasteiger partial charge in [-0.2, -0.15) is 0 Å². The Balaban J connectivity index is 1.84. The molecule has 1 aliphatic rings. The van der Waals surface area contributed by atoms with Gasteiger partial charge in [0.2, 0.25) is 0 Å². The third-order valence-electron chi connectivity index (χ3n) is 4.93. The maximum absolute atomic E-state index is 14.2. The van der Waals surface area contributed by atoms with E-state index in [4.69, 9.17) is 4.74 Å². The minimum atomic E-state index is -0.393. The molecule has 1 saturated heterocycles. The Bertz CT molecular complexity index is 830. The largest absolute Gasteiger partial charge is 0.377 e. The van der Waals surface area contributed by atoms with E-state index < -0.39 is 5.82 Å². The first-order chi connectivity index (χ1) is 13.0. The number of amides is 1. The molecular formula is C22H24FNO3. The van der Waals surface area contributed by atoms with Crippen LogP contribution < -0.4 is 0 Å². The molecule has 0 aliphatic carbocycles. The SMILES string of the molecule is CCCC1COCCN1C(=O)c1ccc(-c2cc(C(C)=O)ccc2F)cc1. The predicted molar refractivity (Wildman–Crippen MR) is 102 cm³/mol. The van der Waals surface area contributed by atoms with Crippen molar-refractivity contribution in [1.82, 2.24) is 4.90 Å². The highest BCUT2D eigenvalue weighted by atomic mass is 19.1. The number of carbonyl (C=O) groups excluding carboxylic acids is 2. The topological polar surface area (TPSA) is 46.6 Å². The van der Waals surface area contributed by atoms with Crippen molar-refractivity contribution >= 4 is 11.7 Å². The van der Waals surface area contributed by atoms with Crippen LogP contribution >= 0.6 is 0 Å². The van der Waals surface area contributed by atoms with Gasteiger partial charge in [0.1, 0.15) is 5.82 Å². The van der Waals surface area contributed by atoms with Crippen molar-refractivity contribution in [3.05, 3.63) is 59.4 Å². The molecule has 2 aromatic rings. The quantitative estimate of drug-likeness (QED) is 0.737. The number of hydrogen-bond acceptors (Lipinski definition) is 3. The fourth-order valence-corrected chi connectivity index (χ4v) is 3.42. The van der Waals surface area contributed by atoms with E-state index in [1.54, 1.807) is 30.3 Å². The second-order valence-corrected chi connectivity index (χ2v) is 6.84. The maximum atomic E-state index is 14.2. The van der Waals surface area contributed by atoms with Gasteiger partial charge in [-0.15, -0.1) is 0 Å². The Kier molecular flexibility index (Phi) is 6.01. The maximum Gasteiger partial charge on any atom is 0.254 e. The third-order valence-corrected chi connectivity index (χ3v) is 4.93. The Morgan fingerprint density at radius 3 is 2.52 bits per heavy atom. The highest BCUT2D eigenvalue weighted by molar-refractivity contribution is 5.96. The van der Waals surface area contributed by atoms with Crippen molar-refractivity contribution in [1.29, 1.82) is 0 Å². The molecule has 3 rings (SSSR count).